The zero-order valence-electron chi connectivity index (χ0n) is 13.4. The average molecular weight is 327 g/mol. The summed E-state index contributed by atoms with van der Waals surface area (Å²) in [4.78, 5) is 13.8. The lowest BCUT2D eigenvalue weighted by Gasteiger charge is -2.26. The predicted molar refractivity (Wildman–Crippen MR) is 90.7 cm³/mol. The van der Waals surface area contributed by atoms with E-state index in [1.807, 2.05) is 12.1 Å². The molecule has 0 atom stereocenters. The number of carbonyl (C=O) groups excluding carboxylic acids is 1. The van der Waals surface area contributed by atoms with E-state index < -0.39 is 0 Å². The topological polar surface area (TPSA) is 76.8 Å². The van der Waals surface area contributed by atoms with Crippen LogP contribution in [0.2, 0.25) is 0 Å². The fourth-order valence-corrected chi connectivity index (χ4v) is 2.57. The molecule has 1 aliphatic heterocycles. The van der Waals surface area contributed by atoms with E-state index in [9.17, 15) is 4.79 Å². The number of amides is 1. The maximum atomic E-state index is 11.4. The normalized spacial score (nSPS) is 15.0. The van der Waals surface area contributed by atoms with Gasteiger partial charge in [0.2, 0.25) is 0 Å². The van der Waals surface area contributed by atoms with E-state index in [0.29, 0.717) is 11.3 Å². The number of morpholine rings is 1. The Hall–Kier alpha value is -2.41. The zero-order valence-corrected chi connectivity index (χ0v) is 13.4. The van der Waals surface area contributed by atoms with Crippen LogP contribution in [0.5, 0.6) is 11.5 Å². The van der Waals surface area contributed by atoms with Gasteiger partial charge in [-0.15, -0.1) is 0 Å². The Balaban J connectivity index is 1.58. The Morgan fingerprint density at radius 2 is 1.62 bits per heavy atom. The maximum Gasteiger partial charge on any atom is 0.265 e. The highest BCUT2D eigenvalue weighted by Crippen LogP contribution is 2.22. The highest BCUT2D eigenvalue weighted by Gasteiger charge is 2.10. The Morgan fingerprint density at radius 3 is 2.21 bits per heavy atom. The molecule has 3 rings (SSSR count). The standard InChI is InChI=1S/C18H21N3O3/c19-20-18(22)15-3-7-17(8-4-15)24-16-5-1-14(2-6-16)13-21-9-11-23-12-10-21/h1-8H,9-13,19H2,(H,20,22). The zero-order chi connectivity index (χ0) is 16.8. The van der Waals surface area contributed by atoms with E-state index >= 15 is 0 Å². The van der Waals surface area contributed by atoms with Gasteiger partial charge >= 0.3 is 0 Å². The van der Waals surface area contributed by atoms with E-state index in [0.717, 1.165) is 38.6 Å². The second-order valence-electron chi connectivity index (χ2n) is 5.63. The average Bonchev–Trinajstić information content (AvgIpc) is 2.64. The molecule has 0 radical (unpaired) electrons. The molecule has 0 spiro atoms. The van der Waals surface area contributed by atoms with Gasteiger partial charge in [-0.05, 0) is 42.0 Å². The molecule has 126 valence electrons. The summed E-state index contributed by atoms with van der Waals surface area (Å²) in [6.07, 6.45) is 0. The number of benzene rings is 2. The fourth-order valence-electron chi connectivity index (χ4n) is 2.57. The molecule has 6 heteroatoms. The quantitative estimate of drug-likeness (QED) is 0.498. The number of nitrogens with two attached hydrogens (primary N) is 1. The highest BCUT2D eigenvalue weighted by atomic mass is 16.5. The molecule has 6 nitrogen and oxygen atoms in total. The van der Waals surface area contributed by atoms with Gasteiger partial charge in [-0.25, -0.2) is 5.84 Å². The van der Waals surface area contributed by atoms with Gasteiger partial charge in [0.25, 0.3) is 5.91 Å². The Bertz CT molecular complexity index is 665. The summed E-state index contributed by atoms with van der Waals surface area (Å²) < 4.78 is 11.2. The van der Waals surface area contributed by atoms with Gasteiger partial charge in [0.1, 0.15) is 11.5 Å². The SMILES string of the molecule is NNC(=O)c1ccc(Oc2ccc(CN3CCOCC3)cc2)cc1. The molecule has 1 amide bonds. The van der Waals surface area contributed by atoms with E-state index in [4.69, 9.17) is 15.3 Å². The monoisotopic (exact) mass is 327 g/mol. The summed E-state index contributed by atoms with van der Waals surface area (Å²) in [5.74, 6) is 6.21. The lowest BCUT2D eigenvalue weighted by molar-refractivity contribution is 0.0342. The van der Waals surface area contributed by atoms with Crippen LogP contribution in [0.4, 0.5) is 0 Å². The number of hydrogen-bond acceptors (Lipinski definition) is 5. The van der Waals surface area contributed by atoms with Crippen LogP contribution in [-0.2, 0) is 11.3 Å². The molecule has 3 N–H and O–H groups in total. The van der Waals surface area contributed by atoms with Crippen LogP contribution in [0.1, 0.15) is 15.9 Å². The van der Waals surface area contributed by atoms with Gasteiger partial charge < -0.3 is 9.47 Å². The number of hydrogen-bond donors (Lipinski definition) is 2. The minimum atomic E-state index is -0.325. The first-order valence-corrected chi connectivity index (χ1v) is 7.92. The van der Waals surface area contributed by atoms with Crippen molar-refractivity contribution in [3.05, 3.63) is 59.7 Å². The molecule has 0 saturated carbocycles. The largest absolute Gasteiger partial charge is 0.457 e. The molecule has 24 heavy (non-hydrogen) atoms. The number of carbonyl (C=O) groups is 1. The van der Waals surface area contributed by atoms with E-state index in [1.54, 1.807) is 24.3 Å². The van der Waals surface area contributed by atoms with Crippen LogP contribution in [0.3, 0.4) is 0 Å². The Labute approximate surface area is 141 Å². The van der Waals surface area contributed by atoms with Gasteiger partial charge in [0, 0.05) is 25.2 Å². The number of nitrogens with zero attached hydrogens (tertiary/aromatic N) is 1. The van der Waals surface area contributed by atoms with E-state index in [-0.39, 0.29) is 5.91 Å². The van der Waals surface area contributed by atoms with Crippen LogP contribution in [0.15, 0.2) is 48.5 Å². The Morgan fingerprint density at radius 1 is 1.04 bits per heavy atom. The third-order valence-electron chi connectivity index (χ3n) is 3.92. The summed E-state index contributed by atoms with van der Waals surface area (Å²) in [5.41, 5.74) is 3.84. The van der Waals surface area contributed by atoms with Crippen LogP contribution in [-0.4, -0.2) is 37.1 Å². The molecule has 0 bridgehead atoms. The molecule has 1 fully saturated rings. The lowest BCUT2D eigenvalue weighted by atomic mass is 10.2. The molecule has 1 aliphatic rings. The number of rotatable bonds is 5. The first kappa shape index (κ1) is 16.4. The predicted octanol–water partition coefficient (Wildman–Crippen LogP) is 1.91. The molecule has 0 aliphatic carbocycles. The molecular weight excluding hydrogens is 306 g/mol. The van der Waals surface area contributed by atoms with Crippen LogP contribution in [0.25, 0.3) is 0 Å². The summed E-state index contributed by atoms with van der Waals surface area (Å²) >= 11 is 0. The minimum Gasteiger partial charge on any atom is -0.457 e. The van der Waals surface area contributed by atoms with Gasteiger partial charge in [0.05, 0.1) is 13.2 Å². The molecular formula is C18H21N3O3. The van der Waals surface area contributed by atoms with Crippen molar-refractivity contribution in [2.45, 2.75) is 6.54 Å². The van der Waals surface area contributed by atoms with Crippen LogP contribution in [0, 0.1) is 0 Å². The summed E-state index contributed by atoms with van der Waals surface area (Å²) in [6.45, 7) is 4.48. The molecule has 0 aromatic heterocycles. The molecule has 2 aromatic carbocycles. The van der Waals surface area contributed by atoms with Crippen molar-refractivity contribution < 1.29 is 14.3 Å². The lowest BCUT2D eigenvalue weighted by Crippen LogP contribution is -2.35. The number of hydrazine groups is 1. The van der Waals surface area contributed by atoms with Crippen LogP contribution < -0.4 is 16.0 Å². The maximum absolute atomic E-state index is 11.4. The van der Waals surface area contributed by atoms with Crippen LogP contribution >= 0.6 is 0 Å². The minimum absolute atomic E-state index is 0.325. The summed E-state index contributed by atoms with van der Waals surface area (Å²) in [7, 11) is 0. The molecule has 0 unspecified atom stereocenters. The number of nitrogens with one attached hydrogen (secondary N) is 1. The smallest absolute Gasteiger partial charge is 0.265 e. The second-order valence-corrected chi connectivity index (χ2v) is 5.63. The number of nitrogen functional groups attached to an aromatic ring is 1. The van der Waals surface area contributed by atoms with Gasteiger partial charge in [-0.2, -0.15) is 0 Å². The van der Waals surface area contributed by atoms with Crippen molar-refractivity contribution in [1.29, 1.82) is 0 Å². The fraction of sp³-hybridized carbons (Fsp3) is 0.278. The van der Waals surface area contributed by atoms with Crippen molar-refractivity contribution in [1.82, 2.24) is 10.3 Å². The number of ether oxygens (including phenoxy) is 2. The second kappa shape index (κ2) is 7.92. The van der Waals surface area contributed by atoms with Crippen molar-refractivity contribution in [3.63, 3.8) is 0 Å². The third kappa shape index (κ3) is 4.32. The molecule has 1 saturated heterocycles. The summed E-state index contributed by atoms with van der Waals surface area (Å²) in [6, 6.07) is 14.9. The van der Waals surface area contributed by atoms with Crippen molar-refractivity contribution in [3.8, 4) is 11.5 Å². The molecule has 2 aromatic rings. The van der Waals surface area contributed by atoms with Gasteiger partial charge in [-0.1, -0.05) is 12.1 Å². The summed E-state index contributed by atoms with van der Waals surface area (Å²) in [5, 5.41) is 0. The van der Waals surface area contributed by atoms with E-state index in [2.05, 4.69) is 22.5 Å². The van der Waals surface area contributed by atoms with Crippen molar-refractivity contribution in [2.24, 2.45) is 5.84 Å². The molecule has 1 heterocycles. The van der Waals surface area contributed by atoms with Gasteiger partial charge in [0.15, 0.2) is 0 Å². The Kier molecular flexibility index (Phi) is 5.43. The van der Waals surface area contributed by atoms with Crippen molar-refractivity contribution >= 4 is 5.91 Å². The first-order chi connectivity index (χ1) is 11.7. The first-order valence-electron chi connectivity index (χ1n) is 7.92. The highest BCUT2D eigenvalue weighted by molar-refractivity contribution is 5.93. The van der Waals surface area contributed by atoms with E-state index in [1.165, 1.54) is 5.56 Å². The third-order valence-corrected chi connectivity index (χ3v) is 3.92. The van der Waals surface area contributed by atoms with Crippen molar-refractivity contribution in [2.75, 3.05) is 26.3 Å². The van der Waals surface area contributed by atoms with Gasteiger partial charge in [-0.3, -0.25) is 15.1 Å².